The Labute approximate surface area is 104 Å². The third-order valence-corrected chi connectivity index (χ3v) is 3.27. The summed E-state index contributed by atoms with van der Waals surface area (Å²) in [7, 11) is 0. The van der Waals surface area contributed by atoms with Gasteiger partial charge >= 0.3 is 0 Å². The maximum Gasteiger partial charge on any atom is 0.289 e. The lowest BCUT2D eigenvalue weighted by Crippen LogP contribution is -2.19. The maximum absolute atomic E-state index is 10.8. The molecule has 1 aliphatic carbocycles. The lowest BCUT2D eigenvalue weighted by atomic mass is 10.1. The van der Waals surface area contributed by atoms with Gasteiger partial charge in [0.1, 0.15) is 11.6 Å². The smallest absolute Gasteiger partial charge is 0.289 e. The summed E-state index contributed by atoms with van der Waals surface area (Å²) in [6.45, 7) is 0.713. The standard InChI is InChI=1S/C12H13N3O3/c13-6-9-1-2-10(5-11(9)15(17)18)14-7-12(8-16)3-4-12/h1-2,5,14,16H,3-4,7-8H2. The molecule has 0 radical (unpaired) electrons. The van der Waals surface area contributed by atoms with Crippen LogP contribution in [0.5, 0.6) is 0 Å². The highest BCUT2D eigenvalue weighted by atomic mass is 16.6. The van der Waals surface area contributed by atoms with Gasteiger partial charge in [-0.3, -0.25) is 10.1 Å². The molecule has 1 aliphatic rings. The van der Waals surface area contributed by atoms with Crippen molar-refractivity contribution in [1.82, 2.24) is 0 Å². The topological polar surface area (TPSA) is 99.2 Å². The van der Waals surface area contributed by atoms with Gasteiger partial charge in [-0.05, 0) is 25.0 Å². The summed E-state index contributed by atoms with van der Waals surface area (Å²) in [4.78, 5) is 10.2. The van der Waals surface area contributed by atoms with E-state index in [1.54, 1.807) is 12.1 Å². The van der Waals surface area contributed by atoms with Crippen molar-refractivity contribution in [2.24, 2.45) is 5.41 Å². The van der Waals surface area contributed by atoms with E-state index in [0.29, 0.717) is 12.2 Å². The molecular formula is C12H13N3O3. The van der Waals surface area contributed by atoms with E-state index in [2.05, 4.69) is 5.32 Å². The molecule has 2 N–H and O–H groups in total. The van der Waals surface area contributed by atoms with Crippen LogP contribution in [0.25, 0.3) is 0 Å². The number of hydrogen-bond acceptors (Lipinski definition) is 5. The van der Waals surface area contributed by atoms with Crippen LogP contribution in [0.2, 0.25) is 0 Å². The van der Waals surface area contributed by atoms with Crippen molar-refractivity contribution in [3.8, 4) is 6.07 Å². The van der Waals surface area contributed by atoms with Gasteiger partial charge < -0.3 is 10.4 Å². The Balaban J connectivity index is 2.12. The number of aliphatic hydroxyl groups is 1. The lowest BCUT2D eigenvalue weighted by Gasteiger charge is -2.13. The molecule has 0 unspecified atom stereocenters. The number of nitro benzene ring substituents is 1. The van der Waals surface area contributed by atoms with Gasteiger partial charge in [0.05, 0.1) is 11.5 Å². The molecule has 2 rings (SSSR count). The summed E-state index contributed by atoms with van der Waals surface area (Å²) in [5, 5.41) is 31.8. The van der Waals surface area contributed by atoms with Crippen LogP contribution in [0.1, 0.15) is 18.4 Å². The van der Waals surface area contributed by atoms with E-state index in [9.17, 15) is 10.1 Å². The second-order valence-corrected chi connectivity index (χ2v) is 4.61. The van der Waals surface area contributed by atoms with E-state index in [1.165, 1.54) is 12.1 Å². The van der Waals surface area contributed by atoms with E-state index in [1.807, 2.05) is 0 Å². The van der Waals surface area contributed by atoms with Gasteiger partial charge in [0.15, 0.2) is 0 Å². The van der Waals surface area contributed by atoms with Gasteiger partial charge in [0.25, 0.3) is 5.69 Å². The van der Waals surface area contributed by atoms with E-state index in [-0.39, 0.29) is 23.3 Å². The fourth-order valence-corrected chi connectivity index (χ4v) is 1.74. The largest absolute Gasteiger partial charge is 0.396 e. The third-order valence-electron chi connectivity index (χ3n) is 3.27. The Morgan fingerprint density at radius 2 is 2.28 bits per heavy atom. The van der Waals surface area contributed by atoms with E-state index in [0.717, 1.165) is 12.8 Å². The van der Waals surface area contributed by atoms with Crippen LogP contribution in [0, 0.1) is 26.9 Å². The number of nitriles is 1. The first-order valence-corrected chi connectivity index (χ1v) is 5.63. The minimum absolute atomic E-state index is 0.0499. The Morgan fingerprint density at radius 1 is 1.56 bits per heavy atom. The third kappa shape index (κ3) is 2.41. The predicted octanol–water partition coefficient (Wildman–Crippen LogP) is 1.65. The van der Waals surface area contributed by atoms with Crippen LogP contribution >= 0.6 is 0 Å². The van der Waals surface area contributed by atoms with Crippen molar-refractivity contribution in [3.05, 3.63) is 33.9 Å². The zero-order chi connectivity index (χ0) is 13.2. The minimum Gasteiger partial charge on any atom is -0.396 e. The Kier molecular flexibility index (Phi) is 3.17. The molecule has 0 aromatic heterocycles. The zero-order valence-corrected chi connectivity index (χ0v) is 9.72. The van der Waals surface area contributed by atoms with E-state index >= 15 is 0 Å². The molecule has 0 atom stereocenters. The van der Waals surface area contributed by atoms with Gasteiger partial charge in [-0.15, -0.1) is 0 Å². The zero-order valence-electron chi connectivity index (χ0n) is 9.72. The molecule has 0 bridgehead atoms. The normalized spacial score (nSPS) is 15.8. The van der Waals surface area contributed by atoms with Crippen LogP contribution in [0.15, 0.2) is 18.2 Å². The first kappa shape index (κ1) is 12.3. The van der Waals surface area contributed by atoms with Crippen LogP contribution in [-0.4, -0.2) is 23.2 Å². The first-order valence-electron chi connectivity index (χ1n) is 5.63. The number of hydrogen-bond donors (Lipinski definition) is 2. The summed E-state index contributed by atoms with van der Waals surface area (Å²) >= 11 is 0. The molecule has 94 valence electrons. The fraction of sp³-hybridized carbons (Fsp3) is 0.417. The van der Waals surface area contributed by atoms with E-state index < -0.39 is 4.92 Å². The van der Waals surface area contributed by atoms with Crippen molar-refractivity contribution in [2.75, 3.05) is 18.5 Å². The van der Waals surface area contributed by atoms with Crippen LogP contribution in [-0.2, 0) is 0 Å². The molecule has 1 saturated carbocycles. The number of nitrogens with one attached hydrogen (secondary N) is 1. The van der Waals surface area contributed by atoms with Crippen molar-refractivity contribution in [1.29, 1.82) is 5.26 Å². The molecule has 1 aromatic carbocycles. The average molecular weight is 247 g/mol. The molecule has 6 heteroatoms. The summed E-state index contributed by atoms with van der Waals surface area (Å²) < 4.78 is 0. The molecule has 18 heavy (non-hydrogen) atoms. The van der Waals surface area contributed by atoms with Gasteiger partial charge in [-0.2, -0.15) is 5.26 Å². The fourth-order valence-electron chi connectivity index (χ4n) is 1.74. The van der Waals surface area contributed by atoms with Crippen molar-refractivity contribution in [3.63, 3.8) is 0 Å². The molecular weight excluding hydrogens is 234 g/mol. The van der Waals surface area contributed by atoms with Crippen molar-refractivity contribution in [2.45, 2.75) is 12.8 Å². The number of aliphatic hydroxyl groups excluding tert-OH is 1. The Bertz CT molecular complexity index is 518. The SMILES string of the molecule is N#Cc1ccc(NCC2(CO)CC2)cc1[N+](=O)[O-]. The molecule has 0 heterocycles. The monoisotopic (exact) mass is 247 g/mol. The summed E-state index contributed by atoms with van der Waals surface area (Å²) in [5.74, 6) is 0. The summed E-state index contributed by atoms with van der Waals surface area (Å²) in [6.07, 6.45) is 1.93. The van der Waals surface area contributed by atoms with Gasteiger partial charge in [0.2, 0.25) is 0 Å². The number of rotatable bonds is 5. The number of benzene rings is 1. The van der Waals surface area contributed by atoms with Gasteiger partial charge in [-0.1, -0.05) is 0 Å². The molecule has 1 aromatic rings. The highest BCUT2D eigenvalue weighted by molar-refractivity contribution is 5.59. The lowest BCUT2D eigenvalue weighted by molar-refractivity contribution is -0.385. The molecule has 0 aliphatic heterocycles. The minimum atomic E-state index is -0.567. The molecule has 1 fully saturated rings. The molecule has 6 nitrogen and oxygen atoms in total. The quantitative estimate of drug-likeness (QED) is 0.608. The molecule has 0 amide bonds. The van der Waals surface area contributed by atoms with Crippen LogP contribution < -0.4 is 5.32 Å². The Hall–Kier alpha value is -2.13. The predicted molar refractivity (Wildman–Crippen MR) is 65.1 cm³/mol. The second kappa shape index (κ2) is 4.63. The summed E-state index contributed by atoms with van der Waals surface area (Å²) in [6, 6.07) is 6.21. The van der Waals surface area contributed by atoms with Crippen LogP contribution in [0.3, 0.4) is 0 Å². The second-order valence-electron chi connectivity index (χ2n) is 4.61. The maximum atomic E-state index is 10.8. The molecule has 0 spiro atoms. The number of anilines is 1. The summed E-state index contributed by atoms with van der Waals surface area (Å²) in [5.41, 5.74) is 0.383. The van der Waals surface area contributed by atoms with Crippen LogP contribution in [0.4, 0.5) is 11.4 Å². The van der Waals surface area contributed by atoms with Gasteiger partial charge in [0, 0.05) is 23.7 Å². The van der Waals surface area contributed by atoms with E-state index in [4.69, 9.17) is 10.4 Å². The van der Waals surface area contributed by atoms with Gasteiger partial charge in [-0.25, -0.2) is 0 Å². The highest BCUT2D eigenvalue weighted by Gasteiger charge is 2.41. The highest BCUT2D eigenvalue weighted by Crippen LogP contribution is 2.45. The Morgan fingerprint density at radius 3 is 2.78 bits per heavy atom. The first-order chi connectivity index (χ1) is 8.60. The van der Waals surface area contributed by atoms with Crippen molar-refractivity contribution < 1.29 is 10.0 Å². The van der Waals surface area contributed by atoms with Crippen molar-refractivity contribution >= 4 is 11.4 Å². The molecule has 0 saturated heterocycles. The average Bonchev–Trinajstić information content (AvgIpc) is 3.16. The number of nitrogens with zero attached hydrogens (tertiary/aromatic N) is 2. The number of nitro groups is 1.